The van der Waals surface area contributed by atoms with Gasteiger partial charge in [-0.3, -0.25) is 39.2 Å². The first-order chi connectivity index (χ1) is 30.1. The fourth-order valence-corrected chi connectivity index (χ4v) is 8.53. The van der Waals surface area contributed by atoms with Gasteiger partial charge in [-0.2, -0.15) is 10.2 Å². The van der Waals surface area contributed by atoms with Crippen LogP contribution >= 0.6 is 0 Å². The van der Waals surface area contributed by atoms with Crippen LogP contribution in [0.3, 0.4) is 0 Å². The zero-order valence-electron chi connectivity index (χ0n) is 35.3. The van der Waals surface area contributed by atoms with E-state index in [0.717, 1.165) is 0 Å². The number of imidazole rings is 2. The highest BCUT2D eigenvalue weighted by Gasteiger charge is 2.30. The van der Waals surface area contributed by atoms with Crippen LogP contribution in [0.2, 0.25) is 0 Å². The molecule has 9 N–H and O–H groups in total. The Morgan fingerprint density at radius 3 is 2.02 bits per heavy atom. The van der Waals surface area contributed by atoms with Crippen molar-refractivity contribution in [2.75, 3.05) is 42.7 Å². The quantitative estimate of drug-likeness (QED) is 0.0600. The van der Waals surface area contributed by atoms with Crippen LogP contribution in [0.5, 0.6) is 11.5 Å². The minimum atomic E-state index is -3.55. The van der Waals surface area contributed by atoms with E-state index in [-0.39, 0.29) is 79.8 Å². The van der Waals surface area contributed by atoms with Crippen molar-refractivity contribution < 1.29 is 37.1 Å². The van der Waals surface area contributed by atoms with E-state index < -0.39 is 33.7 Å². The monoisotopic (exact) mass is 886 g/mol. The molecular formula is C40H50N14O8S. The van der Waals surface area contributed by atoms with E-state index >= 15 is 0 Å². The summed E-state index contributed by atoms with van der Waals surface area (Å²) in [5.41, 5.74) is 20.8. The lowest BCUT2D eigenvalue weighted by Gasteiger charge is -2.27. The molecule has 0 radical (unpaired) electrons. The fraction of sp³-hybridized carbons (Fsp3) is 0.400. The van der Waals surface area contributed by atoms with Crippen LogP contribution in [0.25, 0.3) is 22.1 Å². The lowest BCUT2D eigenvalue weighted by atomic mass is 10.1. The molecule has 0 unspecified atom stereocenters. The number of nitrogens with zero attached hydrogens (tertiary/aromatic N) is 8. The van der Waals surface area contributed by atoms with Crippen molar-refractivity contribution in [1.82, 2.24) is 43.4 Å². The standard InChI is InChI=1S/C40H50N14O8S/c1-5-52-29(15-22(3)49-52)37(57)47-39-45-27-17-24(35(42)55)19-31(61-13-8-11-44-63(59,60)14-10-41)33(27)51(39)12-7-9-26-21-62-32-20-25(36(43)56)18-28-34(32)54(26)40(46-28)48-38(58)30-16-23(4)50-53(30)6-2/h15-20,26,44H,5-14,21,41H2,1-4H3,(H2,42,55)(H2,43,56)(H,45,47,57)(H,46,48,58)/t26-/m0/s1. The van der Waals surface area contributed by atoms with Gasteiger partial charge in [0.2, 0.25) is 33.7 Å². The van der Waals surface area contributed by atoms with Gasteiger partial charge >= 0.3 is 0 Å². The summed E-state index contributed by atoms with van der Waals surface area (Å²) in [5.74, 6) is -1.50. The second kappa shape index (κ2) is 18.2. The number of carbonyl (C=O) groups is 4. The van der Waals surface area contributed by atoms with Gasteiger partial charge < -0.3 is 35.8 Å². The lowest BCUT2D eigenvalue weighted by molar-refractivity contribution is 0.0991. The summed E-state index contributed by atoms with van der Waals surface area (Å²) in [6, 6.07) is 9.06. The van der Waals surface area contributed by atoms with Gasteiger partial charge in [0.25, 0.3) is 11.8 Å². The van der Waals surface area contributed by atoms with Crippen molar-refractivity contribution in [3.63, 3.8) is 0 Å². The molecule has 4 amide bonds. The highest BCUT2D eigenvalue weighted by Crippen LogP contribution is 2.39. The Morgan fingerprint density at radius 2 is 1.41 bits per heavy atom. The molecule has 4 aromatic heterocycles. The van der Waals surface area contributed by atoms with Gasteiger partial charge in [-0.15, -0.1) is 0 Å². The van der Waals surface area contributed by atoms with Crippen molar-refractivity contribution in [2.45, 2.75) is 72.6 Å². The Balaban J connectivity index is 1.23. The summed E-state index contributed by atoms with van der Waals surface area (Å²) in [7, 11) is -3.55. The average molecular weight is 887 g/mol. The number of carbonyl (C=O) groups excluding carboxylic acids is 4. The summed E-state index contributed by atoms with van der Waals surface area (Å²) >= 11 is 0. The number of nitrogens with one attached hydrogen (secondary N) is 3. The van der Waals surface area contributed by atoms with E-state index in [9.17, 15) is 27.6 Å². The number of ether oxygens (including phenoxy) is 2. The summed E-state index contributed by atoms with van der Waals surface area (Å²) in [6.45, 7) is 8.74. The molecule has 1 aliphatic rings. The van der Waals surface area contributed by atoms with Crippen LogP contribution < -0.4 is 42.0 Å². The topological polar surface area (TPSA) is 306 Å². The summed E-state index contributed by atoms with van der Waals surface area (Å²) < 4.78 is 46.0. The molecule has 0 aliphatic carbocycles. The Morgan fingerprint density at radius 1 is 0.825 bits per heavy atom. The maximum atomic E-state index is 13.8. The SMILES string of the molecule is CCn1nc(C)cc1C(=O)Nc1nc2cc(C(N)=O)cc(OCCCNS(=O)(=O)CCN)c2n1CCC[C@H]1COc2cc(C(N)=O)cc3nc(NC(=O)c4cc(C)nn4CC)n1c23. The molecule has 6 aromatic rings. The first-order valence-electron chi connectivity index (χ1n) is 20.5. The zero-order chi connectivity index (χ0) is 45.2. The van der Waals surface area contributed by atoms with Crippen LogP contribution in [-0.2, 0) is 29.7 Å². The first kappa shape index (κ1) is 44.2. The number of hydrogen-bond donors (Lipinski definition) is 6. The van der Waals surface area contributed by atoms with E-state index in [4.69, 9.17) is 36.6 Å². The molecule has 0 bridgehead atoms. The van der Waals surface area contributed by atoms with Crippen LogP contribution in [0.4, 0.5) is 11.9 Å². The van der Waals surface area contributed by atoms with Gasteiger partial charge in [0.05, 0.1) is 40.8 Å². The molecule has 1 atom stereocenters. The third-order valence-electron chi connectivity index (χ3n) is 10.4. The number of primary amides is 2. The number of aryl methyl sites for hydroxylation is 5. The van der Waals surface area contributed by atoms with Crippen LogP contribution in [0.1, 0.15) is 92.2 Å². The molecule has 63 heavy (non-hydrogen) atoms. The maximum Gasteiger partial charge on any atom is 0.276 e. The molecule has 0 saturated heterocycles. The molecule has 7 rings (SSSR count). The number of nitrogens with two attached hydrogens (primary N) is 3. The van der Waals surface area contributed by atoms with Gasteiger partial charge in [0.15, 0.2) is 0 Å². The Hall–Kier alpha value is -6.85. The minimum Gasteiger partial charge on any atom is -0.491 e. The Labute approximate surface area is 361 Å². The number of benzene rings is 2. The van der Waals surface area contributed by atoms with Crippen LogP contribution in [0, 0.1) is 13.8 Å². The van der Waals surface area contributed by atoms with Gasteiger partial charge in [-0.05, 0) is 83.4 Å². The number of fused-ring (bicyclic) bond motifs is 1. The first-order valence-corrected chi connectivity index (χ1v) is 22.1. The number of aromatic nitrogens is 8. The van der Waals surface area contributed by atoms with Crippen molar-refractivity contribution >= 4 is 67.6 Å². The van der Waals surface area contributed by atoms with Crippen molar-refractivity contribution in [3.05, 3.63) is 70.3 Å². The van der Waals surface area contributed by atoms with Crippen LogP contribution in [0.15, 0.2) is 36.4 Å². The van der Waals surface area contributed by atoms with Crippen LogP contribution in [-0.4, -0.2) is 103 Å². The van der Waals surface area contributed by atoms with E-state index in [1.165, 1.54) is 12.1 Å². The molecule has 5 heterocycles. The number of rotatable bonds is 20. The Kier molecular flexibility index (Phi) is 12.8. The largest absolute Gasteiger partial charge is 0.491 e. The minimum absolute atomic E-state index is 0.0257. The second-order valence-electron chi connectivity index (χ2n) is 15.0. The summed E-state index contributed by atoms with van der Waals surface area (Å²) in [5, 5.41) is 14.7. The van der Waals surface area contributed by atoms with Crippen molar-refractivity contribution in [2.24, 2.45) is 17.2 Å². The third kappa shape index (κ3) is 9.34. The lowest BCUT2D eigenvalue weighted by Crippen LogP contribution is -2.31. The smallest absolute Gasteiger partial charge is 0.276 e. The molecule has 334 valence electrons. The summed E-state index contributed by atoms with van der Waals surface area (Å²) in [4.78, 5) is 61.8. The van der Waals surface area contributed by atoms with E-state index in [2.05, 4.69) is 25.6 Å². The molecular weight excluding hydrogens is 837 g/mol. The highest BCUT2D eigenvalue weighted by molar-refractivity contribution is 7.89. The Bertz CT molecular complexity index is 2860. The number of hydrogen-bond acceptors (Lipinski definition) is 13. The van der Waals surface area contributed by atoms with Gasteiger partial charge in [0.1, 0.15) is 40.5 Å². The molecule has 2 aromatic carbocycles. The maximum absolute atomic E-state index is 13.8. The second-order valence-corrected chi connectivity index (χ2v) is 16.9. The molecule has 1 aliphatic heterocycles. The average Bonchev–Trinajstić information content (AvgIpc) is 4.01. The van der Waals surface area contributed by atoms with E-state index in [0.29, 0.717) is 76.5 Å². The van der Waals surface area contributed by atoms with Gasteiger partial charge in [0, 0.05) is 43.9 Å². The molecule has 0 saturated carbocycles. The van der Waals surface area contributed by atoms with Gasteiger partial charge in [-0.1, -0.05) is 0 Å². The number of amides is 4. The fourth-order valence-electron chi connectivity index (χ4n) is 7.62. The molecule has 0 spiro atoms. The van der Waals surface area contributed by atoms with Gasteiger partial charge in [-0.25, -0.2) is 23.1 Å². The van der Waals surface area contributed by atoms with Crippen molar-refractivity contribution in [1.29, 1.82) is 0 Å². The highest BCUT2D eigenvalue weighted by atomic mass is 32.2. The summed E-state index contributed by atoms with van der Waals surface area (Å²) in [6.07, 6.45) is 1.16. The normalized spacial score (nSPS) is 13.6. The molecule has 0 fully saturated rings. The number of anilines is 2. The zero-order valence-corrected chi connectivity index (χ0v) is 36.1. The predicted molar refractivity (Wildman–Crippen MR) is 232 cm³/mol. The van der Waals surface area contributed by atoms with Crippen molar-refractivity contribution in [3.8, 4) is 11.5 Å². The predicted octanol–water partition coefficient (Wildman–Crippen LogP) is 2.20. The number of sulfonamides is 1. The molecule has 23 heteroatoms. The van der Waals surface area contributed by atoms with E-state index in [1.54, 1.807) is 52.0 Å². The van der Waals surface area contributed by atoms with E-state index in [1.807, 2.05) is 18.4 Å². The molecule has 22 nitrogen and oxygen atoms in total. The third-order valence-corrected chi connectivity index (χ3v) is 11.9.